The average molecular weight is 557 g/mol. The topological polar surface area (TPSA) is 88.5 Å². The number of hydrogen-bond donors (Lipinski definition) is 2. The van der Waals surface area contributed by atoms with Crippen LogP contribution in [0.2, 0.25) is 0 Å². The van der Waals surface area contributed by atoms with Gasteiger partial charge in [-0.05, 0) is 45.1 Å². The third-order valence-electron chi connectivity index (χ3n) is 5.00. The maximum Gasteiger partial charge on any atom is 0.506 e. The molecule has 1 aromatic heterocycles. The van der Waals surface area contributed by atoms with Gasteiger partial charge in [0, 0.05) is 16.8 Å². The van der Waals surface area contributed by atoms with E-state index >= 15 is 0 Å². The summed E-state index contributed by atoms with van der Waals surface area (Å²) in [6.45, 7) is 0.294. The monoisotopic (exact) mass is 556 g/mol. The van der Waals surface area contributed by atoms with Crippen molar-refractivity contribution < 1.29 is 19.4 Å². The van der Waals surface area contributed by atoms with Gasteiger partial charge in [0.1, 0.15) is 0 Å². The first-order valence-electron chi connectivity index (χ1n) is 10.5. The Morgan fingerprint density at radius 3 is 2.38 bits per heavy atom. The molecule has 1 atom stereocenters. The predicted octanol–water partition coefficient (Wildman–Crippen LogP) is 6.12. The van der Waals surface area contributed by atoms with Crippen LogP contribution in [-0.2, 0) is 22.5 Å². The van der Waals surface area contributed by atoms with Crippen LogP contribution in [0, 0.1) is 0 Å². The van der Waals surface area contributed by atoms with E-state index in [9.17, 15) is 9.59 Å². The highest BCUT2D eigenvalue weighted by atomic mass is 79.9. The average Bonchev–Trinajstić information content (AvgIpc) is 3.27. The highest BCUT2D eigenvalue weighted by Crippen LogP contribution is 2.36. The van der Waals surface area contributed by atoms with E-state index < -0.39 is 18.2 Å². The standard InChI is InChI=1S/C25H21BrN2O4S2/c26-21-18(13-16-7-3-1-4-8-16)11-12-20-22(21)28-24(34-20)33-15-19(32-25(30)31)23(29)27-14-17-9-5-2-6-10-17/h1-12,19H,13-15H2,(H,27,29)(H,30,31). The van der Waals surface area contributed by atoms with Crippen molar-refractivity contribution in [3.05, 3.63) is 94.0 Å². The summed E-state index contributed by atoms with van der Waals surface area (Å²) in [6.07, 6.45) is -1.85. The summed E-state index contributed by atoms with van der Waals surface area (Å²) in [4.78, 5) is 28.4. The molecule has 34 heavy (non-hydrogen) atoms. The molecule has 0 aliphatic carbocycles. The van der Waals surface area contributed by atoms with E-state index in [1.165, 1.54) is 28.7 Å². The highest BCUT2D eigenvalue weighted by molar-refractivity contribution is 9.10. The number of aromatic nitrogens is 1. The zero-order chi connectivity index (χ0) is 23.9. The molecule has 2 N–H and O–H groups in total. The number of nitrogens with one attached hydrogen (secondary N) is 1. The second-order valence-electron chi connectivity index (χ2n) is 7.41. The van der Waals surface area contributed by atoms with Crippen LogP contribution < -0.4 is 5.32 Å². The fraction of sp³-hybridized carbons (Fsp3) is 0.160. The van der Waals surface area contributed by atoms with Crippen molar-refractivity contribution in [1.29, 1.82) is 0 Å². The lowest BCUT2D eigenvalue weighted by Gasteiger charge is -2.15. The summed E-state index contributed by atoms with van der Waals surface area (Å²) in [6, 6.07) is 23.7. The number of halogens is 1. The molecule has 174 valence electrons. The third-order valence-corrected chi connectivity index (χ3v) is 8.11. The minimum atomic E-state index is -1.49. The SMILES string of the molecule is O=C(O)OC(CSc1nc2c(Br)c(Cc3ccccc3)ccc2s1)C(=O)NCc1ccccc1. The number of carbonyl (C=O) groups excluding carboxylic acids is 1. The number of nitrogens with zero attached hydrogens (tertiary/aromatic N) is 1. The number of fused-ring (bicyclic) bond motifs is 1. The fourth-order valence-corrected chi connectivity index (χ4v) is 6.12. The second kappa shape index (κ2) is 11.5. The van der Waals surface area contributed by atoms with Gasteiger partial charge in [-0.25, -0.2) is 9.78 Å². The Hall–Kier alpha value is -2.88. The number of rotatable bonds is 9. The summed E-state index contributed by atoms with van der Waals surface area (Å²) in [5.74, 6) is -0.354. The van der Waals surface area contributed by atoms with Gasteiger partial charge in [0.2, 0.25) is 0 Å². The number of carbonyl (C=O) groups is 2. The van der Waals surface area contributed by atoms with Gasteiger partial charge in [0.25, 0.3) is 5.91 Å². The minimum absolute atomic E-state index is 0.126. The molecular weight excluding hydrogens is 536 g/mol. The van der Waals surface area contributed by atoms with E-state index in [-0.39, 0.29) is 5.75 Å². The molecule has 4 aromatic rings. The van der Waals surface area contributed by atoms with Crippen molar-refractivity contribution in [3.8, 4) is 0 Å². The summed E-state index contributed by atoms with van der Waals surface area (Å²) in [5.41, 5.74) is 4.11. The van der Waals surface area contributed by atoms with E-state index in [1.54, 1.807) is 0 Å². The van der Waals surface area contributed by atoms with Crippen molar-refractivity contribution in [2.24, 2.45) is 0 Å². The number of hydrogen-bond acceptors (Lipinski definition) is 6. The Bertz CT molecular complexity index is 1280. The van der Waals surface area contributed by atoms with Gasteiger partial charge in [-0.3, -0.25) is 4.79 Å². The van der Waals surface area contributed by atoms with Crippen molar-refractivity contribution >= 4 is 61.3 Å². The first kappa shape index (κ1) is 24.3. The van der Waals surface area contributed by atoms with Crippen molar-refractivity contribution in [2.45, 2.75) is 23.4 Å². The highest BCUT2D eigenvalue weighted by Gasteiger charge is 2.24. The van der Waals surface area contributed by atoms with Crippen LogP contribution >= 0.6 is 39.0 Å². The summed E-state index contributed by atoms with van der Waals surface area (Å²) in [5, 5.41) is 11.8. The van der Waals surface area contributed by atoms with Gasteiger partial charge in [-0.15, -0.1) is 11.3 Å². The molecule has 0 aliphatic heterocycles. The third kappa shape index (κ3) is 6.37. The zero-order valence-electron chi connectivity index (χ0n) is 17.9. The minimum Gasteiger partial charge on any atom is -0.450 e. The van der Waals surface area contributed by atoms with Crippen molar-refractivity contribution in [2.75, 3.05) is 5.75 Å². The van der Waals surface area contributed by atoms with Gasteiger partial charge >= 0.3 is 6.16 Å². The number of amides is 1. The van der Waals surface area contributed by atoms with Gasteiger partial charge in [-0.2, -0.15) is 0 Å². The van der Waals surface area contributed by atoms with Crippen LogP contribution in [0.25, 0.3) is 10.2 Å². The molecular formula is C25H21BrN2O4S2. The molecule has 1 heterocycles. The van der Waals surface area contributed by atoms with Crippen LogP contribution in [0.5, 0.6) is 0 Å². The Labute approximate surface area is 213 Å². The molecule has 1 unspecified atom stereocenters. The normalized spacial score (nSPS) is 11.8. The van der Waals surface area contributed by atoms with E-state index in [0.29, 0.717) is 6.54 Å². The van der Waals surface area contributed by atoms with Gasteiger partial charge in [-0.1, -0.05) is 78.5 Å². The largest absolute Gasteiger partial charge is 0.506 e. The van der Waals surface area contributed by atoms with E-state index in [2.05, 4.69) is 39.4 Å². The number of thiazole rings is 1. The van der Waals surface area contributed by atoms with Crippen molar-refractivity contribution in [3.63, 3.8) is 0 Å². The lowest BCUT2D eigenvalue weighted by atomic mass is 10.1. The molecule has 0 spiro atoms. The molecule has 0 saturated heterocycles. The lowest BCUT2D eigenvalue weighted by Crippen LogP contribution is -2.38. The number of ether oxygens (including phenoxy) is 1. The Morgan fingerprint density at radius 1 is 1.03 bits per heavy atom. The van der Waals surface area contributed by atoms with Crippen LogP contribution in [0.4, 0.5) is 4.79 Å². The number of thioether (sulfide) groups is 1. The second-order valence-corrected chi connectivity index (χ2v) is 10.5. The van der Waals surface area contributed by atoms with Crippen LogP contribution in [0.1, 0.15) is 16.7 Å². The molecule has 0 aliphatic rings. The Kier molecular flexibility index (Phi) is 8.21. The summed E-state index contributed by atoms with van der Waals surface area (Å²) in [7, 11) is 0. The van der Waals surface area contributed by atoms with Gasteiger partial charge in [0.05, 0.1) is 10.2 Å². The van der Waals surface area contributed by atoms with Crippen LogP contribution in [0.15, 0.2) is 81.6 Å². The molecule has 3 aromatic carbocycles. The molecule has 0 bridgehead atoms. The predicted molar refractivity (Wildman–Crippen MR) is 138 cm³/mol. The molecule has 0 saturated carbocycles. The Morgan fingerprint density at radius 2 is 1.71 bits per heavy atom. The molecule has 1 amide bonds. The summed E-state index contributed by atoms with van der Waals surface area (Å²) < 4.78 is 7.55. The molecule has 9 heteroatoms. The van der Waals surface area contributed by atoms with Gasteiger partial charge in [0.15, 0.2) is 10.4 Å². The Balaban J connectivity index is 1.43. The van der Waals surface area contributed by atoms with E-state index in [4.69, 9.17) is 14.8 Å². The molecule has 4 rings (SSSR count). The quantitative estimate of drug-likeness (QED) is 0.190. The maximum atomic E-state index is 12.6. The first-order chi connectivity index (χ1) is 16.5. The number of benzene rings is 3. The van der Waals surface area contributed by atoms with Crippen LogP contribution in [-0.4, -0.2) is 34.0 Å². The summed E-state index contributed by atoms with van der Waals surface area (Å²) >= 11 is 6.50. The lowest BCUT2D eigenvalue weighted by molar-refractivity contribution is -0.129. The van der Waals surface area contributed by atoms with Crippen molar-refractivity contribution in [1.82, 2.24) is 10.3 Å². The molecule has 0 radical (unpaired) electrons. The van der Waals surface area contributed by atoms with E-state index in [1.807, 2.05) is 54.6 Å². The molecule has 0 fully saturated rings. The maximum absolute atomic E-state index is 12.6. The number of carboxylic acid groups (broad SMARTS) is 1. The van der Waals surface area contributed by atoms with E-state index in [0.717, 1.165) is 36.6 Å². The van der Waals surface area contributed by atoms with Gasteiger partial charge < -0.3 is 15.2 Å². The zero-order valence-corrected chi connectivity index (χ0v) is 21.2. The first-order valence-corrected chi connectivity index (χ1v) is 13.0. The molecule has 6 nitrogen and oxygen atoms in total. The van der Waals surface area contributed by atoms with Crippen LogP contribution in [0.3, 0.4) is 0 Å². The fourth-order valence-electron chi connectivity index (χ4n) is 3.33. The smallest absolute Gasteiger partial charge is 0.450 e.